The lowest BCUT2D eigenvalue weighted by molar-refractivity contribution is 0.181. The summed E-state index contributed by atoms with van der Waals surface area (Å²) in [6.45, 7) is 4.70. The second-order valence-electron chi connectivity index (χ2n) is 7.05. The second kappa shape index (κ2) is 8.11. The number of hydrogen-bond acceptors (Lipinski definition) is 6. The molecule has 0 radical (unpaired) electrons. The summed E-state index contributed by atoms with van der Waals surface area (Å²) >= 11 is 0. The van der Waals surface area contributed by atoms with Crippen molar-refractivity contribution in [1.82, 2.24) is 29.4 Å². The molecule has 0 aliphatic rings. The molecule has 0 amide bonds. The van der Waals surface area contributed by atoms with Gasteiger partial charge in [-0.2, -0.15) is 5.10 Å². The van der Waals surface area contributed by atoms with Crippen LogP contribution < -0.4 is 10.3 Å². The molecule has 9 nitrogen and oxygen atoms in total. The SMILES string of the molecule is COCc1[nH]n2c(=O)cc(CCn3nc(C)nc3C)nc2c1-c1ccc(OC)cc1. The lowest BCUT2D eigenvalue weighted by Crippen LogP contribution is -2.17. The number of ether oxygens (including phenoxy) is 2. The first-order chi connectivity index (χ1) is 14.5. The van der Waals surface area contributed by atoms with Crippen molar-refractivity contribution in [2.45, 2.75) is 33.4 Å². The van der Waals surface area contributed by atoms with E-state index in [0.29, 0.717) is 30.9 Å². The molecule has 0 unspecified atom stereocenters. The number of aromatic amines is 1. The molecular formula is C21H24N6O3. The predicted octanol–water partition coefficient (Wildman–Crippen LogP) is 2.30. The molecule has 9 heteroatoms. The van der Waals surface area contributed by atoms with Crippen molar-refractivity contribution in [2.24, 2.45) is 0 Å². The van der Waals surface area contributed by atoms with Crippen LogP contribution in [0.4, 0.5) is 0 Å². The van der Waals surface area contributed by atoms with Crippen molar-refractivity contribution in [3.05, 3.63) is 63.7 Å². The van der Waals surface area contributed by atoms with E-state index < -0.39 is 0 Å². The normalized spacial score (nSPS) is 11.3. The molecule has 0 spiro atoms. The zero-order chi connectivity index (χ0) is 21.3. The maximum Gasteiger partial charge on any atom is 0.272 e. The molecule has 4 rings (SSSR count). The molecule has 156 valence electrons. The van der Waals surface area contributed by atoms with Gasteiger partial charge < -0.3 is 9.47 Å². The van der Waals surface area contributed by atoms with Crippen LogP contribution in [0.3, 0.4) is 0 Å². The van der Waals surface area contributed by atoms with E-state index >= 15 is 0 Å². The monoisotopic (exact) mass is 408 g/mol. The first-order valence-corrected chi connectivity index (χ1v) is 9.65. The van der Waals surface area contributed by atoms with Gasteiger partial charge in [-0.25, -0.2) is 19.2 Å². The highest BCUT2D eigenvalue weighted by atomic mass is 16.5. The van der Waals surface area contributed by atoms with Crippen LogP contribution >= 0.6 is 0 Å². The van der Waals surface area contributed by atoms with Crippen LogP contribution in [-0.4, -0.2) is 43.6 Å². The average Bonchev–Trinajstić information content (AvgIpc) is 3.26. The van der Waals surface area contributed by atoms with Crippen molar-refractivity contribution >= 4 is 5.65 Å². The fraction of sp³-hybridized carbons (Fsp3) is 0.333. The quantitative estimate of drug-likeness (QED) is 0.504. The van der Waals surface area contributed by atoms with Crippen LogP contribution in [0.5, 0.6) is 5.75 Å². The Morgan fingerprint density at radius 1 is 1.10 bits per heavy atom. The average molecular weight is 408 g/mol. The van der Waals surface area contributed by atoms with Gasteiger partial charge in [-0.15, -0.1) is 0 Å². The van der Waals surface area contributed by atoms with Gasteiger partial charge in [0.25, 0.3) is 5.56 Å². The van der Waals surface area contributed by atoms with Crippen LogP contribution in [0, 0.1) is 13.8 Å². The highest BCUT2D eigenvalue weighted by Crippen LogP contribution is 2.29. The number of H-pyrrole nitrogens is 1. The molecule has 3 aromatic heterocycles. The second-order valence-corrected chi connectivity index (χ2v) is 7.05. The fourth-order valence-electron chi connectivity index (χ4n) is 3.56. The molecular weight excluding hydrogens is 384 g/mol. The minimum absolute atomic E-state index is 0.168. The Bertz CT molecular complexity index is 1240. The summed E-state index contributed by atoms with van der Waals surface area (Å²) < 4.78 is 13.9. The van der Waals surface area contributed by atoms with Gasteiger partial charge >= 0.3 is 0 Å². The first-order valence-electron chi connectivity index (χ1n) is 9.65. The van der Waals surface area contributed by atoms with Crippen molar-refractivity contribution in [2.75, 3.05) is 14.2 Å². The Morgan fingerprint density at radius 3 is 2.50 bits per heavy atom. The Kier molecular flexibility index (Phi) is 5.37. The zero-order valence-corrected chi connectivity index (χ0v) is 17.5. The molecule has 0 bridgehead atoms. The number of aromatic nitrogens is 6. The Morgan fingerprint density at radius 2 is 1.87 bits per heavy atom. The van der Waals surface area contributed by atoms with E-state index in [1.807, 2.05) is 42.8 Å². The fourth-order valence-corrected chi connectivity index (χ4v) is 3.56. The number of nitrogens with zero attached hydrogens (tertiary/aromatic N) is 5. The summed E-state index contributed by atoms with van der Waals surface area (Å²) in [5.41, 5.74) is 3.65. The van der Waals surface area contributed by atoms with Gasteiger partial charge in [-0.05, 0) is 31.5 Å². The number of rotatable bonds is 7. The lowest BCUT2D eigenvalue weighted by Gasteiger charge is -2.06. The van der Waals surface area contributed by atoms with Crippen LogP contribution in [0.25, 0.3) is 16.8 Å². The molecule has 3 heterocycles. The number of nitrogens with one attached hydrogen (secondary N) is 1. The summed E-state index contributed by atoms with van der Waals surface area (Å²) in [6, 6.07) is 9.21. The third-order valence-corrected chi connectivity index (χ3v) is 4.95. The zero-order valence-electron chi connectivity index (χ0n) is 17.5. The lowest BCUT2D eigenvalue weighted by atomic mass is 10.1. The number of benzene rings is 1. The smallest absolute Gasteiger partial charge is 0.272 e. The molecule has 1 aromatic carbocycles. The number of fused-ring (bicyclic) bond motifs is 1. The van der Waals surface area contributed by atoms with E-state index in [4.69, 9.17) is 14.5 Å². The molecule has 0 aliphatic carbocycles. The Balaban J connectivity index is 1.77. The van der Waals surface area contributed by atoms with Crippen LogP contribution in [0.2, 0.25) is 0 Å². The van der Waals surface area contributed by atoms with Crippen LogP contribution in [0.15, 0.2) is 35.1 Å². The van der Waals surface area contributed by atoms with Gasteiger partial charge in [0.1, 0.15) is 17.4 Å². The van der Waals surface area contributed by atoms with E-state index in [-0.39, 0.29) is 5.56 Å². The highest BCUT2D eigenvalue weighted by molar-refractivity contribution is 5.80. The van der Waals surface area contributed by atoms with Crippen molar-refractivity contribution in [3.8, 4) is 16.9 Å². The molecule has 0 saturated carbocycles. The standard InChI is InChI=1S/C21H24N6O3/c1-13-22-14(2)26(24-13)10-9-16-11-19(28)27-21(23-16)20(18(25-27)12-29-3)15-5-7-17(30-4)8-6-15/h5-8,11,25H,9-10,12H2,1-4H3. The maximum atomic E-state index is 12.8. The van der Waals surface area contributed by atoms with Crippen molar-refractivity contribution < 1.29 is 9.47 Å². The molecule has 4 aromatic rings. The van der Waals surface area contributed by atoms with Crippen LogP contribution in [-0.2, 0) is 24.3 Å². The third kappa shape index (κ3) is 3.71. The van der Waals surface area contributed by atoms with Crippen molar-refractivity contribution in [1.29, 1.82) is 0 Å². The van der Waals surface area contributed by atoms with Crippen LogP contribution in [0.1, 0.15) is 23.0 Å². The van der Waals surface area contributed by atoms with Crippen molar-refractivity contribution in [3.63, 3.8) is 0 Å². The maximum absolute atomic E-state index is 12.8. The van der Waals surface area contributed by atoms with E-state index in [9.17, 15) is 4.79 Å². The Hall–Kier alpha value is -3.46. The number of aryl methyl sites for hydroxylation is 4. The summed E-state index contributed by atoms with van der Waals surface area (Å²) in [5, 5.41) is 7.51. The summed E-state index contributed by atoms with van der Waals surface area (Å²) in [5.74, 6) is 2.33. The van der Waals surface area contributed by atoms with Gasteiger partial charge in [0.15, 0.2) is 5.65 Å². The van der Waals surface area contributed by atoms with E-state index in [2.05, 4.69) is 15.2 Å². The van der Waals surface area contributed by atoms with Gasteiger partial charge in [-0.3, -0.25) is 9.89 Å². The highest BCUT2D eigenvalue weighted by Gasteiger charge is 2.17. The largest absolute Gasteiger partial charge is 0.497 e. The molecule has 0 saturated heterocycles. The van der Waals surface area contributed by atoms with E-state index in [0.717, 1.165) is 34.2 Å². The topological polar surface area (TPSA) is 99.3 Å². The predicted molar refractivity (Wildman–Crippen MR) is 112 cm³/mol. The minimum atomic E-state index is -0.168. The summed E-state index contributed by atoms with van der Waals surface area (Å²) in [4.78, 5) is 21.9. The summed E-state index contributed by atoms with van der Waals surface area (Å²) in [6.07, 6.45) is 0.572. The minimum Gasteiger partial charge on any atom is -0.497 e. The third-order valence-electron chi connectivity index (χ3n) is 4.95. The molecule has 0 aliphatic heterocycles. The van der Waals surface area contributed by atoms with Gasteiger partial charge in [0.05, 0.1) is 25.1 Å². The molecule has 30 heavy (non-hydrogen) atoms. The number of hydrogen-bond donors (Lipinski definition) is 1. The first kappa shape index (κ1) is 19.8. The van der Waals surface area contributed by atoms with E-state index in [1.165, 1.54) is 4.52 Å². The molecule has 0 atom stereocenters. The van der Waals surface area contributed by atoms with Gasteiger partial charge in [-0.1, -0.05) is 12.1 Å². The molecule has 1 N–H and O–H groups in total. The number of methoxy groups -OCH3 is 2. The summed E-state index contributed by atoms with van der Waals surface area (Å²) in [7, 11) is 3.25. The Labute approximate surface area is 173 Å². The van der Waals surface area contributed by atoms with Gasteiger partial charge in [0, 0.05) is 31.7 Å². The van der Waals surface area contributed by atoms with E-state index in [1.54, 1.807) is 20.3 Å². The molecule has 0 fully saturated rings. The van der Waals surface area contributed by atoms with Gasteiger partial charge in [0.2, 0.25) is 0 Å².